The maximum Gasteiger partial charge on any atom is 0.228 e. The lowest BCUT2D eigenvalue weighted by atomic mass is 9.89. The van der Waals surface area contributed by atoms with Gasteiger partial charge in [-0.2, -0.15) is 0 Å². The van der Waals surface area contributed by atoms with Crippen LogP contribution in [0.15, 0.2) is 54.7 Å². The quantitative estimate of drug-likeness (QED) is 0.801. The van der Waals surface area contributed by atoms with E-state index in [1.54, 1.807) is 6.20 Å². The number of carbonyl (C=O) groups excluding carboxylic acids is 1. The number of amides is 1. The van der Waals surface area contributed by atoms with Gasteiger partial charge in [0.2, 0.25) is 5.91 Å². The Labute approximate surface area is 167 Å². The number of likely N-dealkylation sites (tertiary alicyclic amines) is 1. The van der Waals surface area contributed by atoms with Crippen LogP contribution in [-0.4, -0.2) is 65.6 Å². The molecule has 0 saturated carbocycles. The van der Waals surface area contributed by atoms with Crippen LogP contribution in [0.3, 0.4) is 0 Å². The zero-order valence-electron chi connectivity index (χ0n) is 16.4. The molecule has 0 aliphatic carbocycles. The van der Waals surface area contributed by atoms with Gasteiger partial charge in [0.05, 0.1) is 18.6 Å². The van der Waals surface area contributed by atoms with Gasteiger partial charge in [-0.15, -0.1) is 0 Å². The fraction of sp³-hybridized carbons (Fsp3) is 0.478. The van der Waals surface area contributed by atoms with E-state index >= 15 is 0 Å². The highest BCUT2D eigenvalue weighted by atomic mass is 16.5. The Morgan fingerprint density at radius 2 is 1.82 bits per heavy atom. The molecule has 0 atom stereocenters. The van der Waals surface area contributed by atoms with Gasteiger partial charge in [-0.1, -0.05) is 36.4 Å². The van der Waals surface area contributed by atoms with Crippen molar-refractivity contribution in [2.75, 3.05) is 39.3 Å². The van der Waals surface area contributed by atoms with Crippen LogP contribution in [0.4, 0.5) is 0 Å². The Balaban J connectivity index is 1.28. The molecule has 4 rings (SSSR count). The second-order valence-corrected chi connectivity index (χ2v) is 7.92. The number of pyridine rings is 1. The van der Waals surface area contributed by atoms with Crippen molar-refractivity contribution in [3.63, 3.8) is 0 Å². The van der Waals surface area contributed by atoms with Crippen molar-refractivity contribution in [1.29, 1.82) is 0 Å². The van der Waals surface area contributed by atoms with Crippen LogP contribution in [0.1, 0.15) is 24.1 Å². The van der Waals surface area contributed by atoms with Crippen LogP contribution in [0, 0.1) is 0 Å². The van der Waals surface area contributed by atoms with Crippen molar-refractivity contribution < 1.29 is 9.53 Å². The molecule has 0 bridgehead atoms. The average molecular weight is 380 g/mol. The molecule has 0 radical (unpaired) electrons. The van der Waals surface area contributed by atoms with Gasteiger partial charge in [0.25, 0.3) is 0 Å². The van der Waals surface area contributed by atoms with Crippen LogP contribution in [-0.2, 0) is 22.4 Å². The normalized spacial score (nSPS) is 19.6. The summed E-state index contributed by atoms with van der Waals surface area (Å²) in [6, 6.07) is 16.4. The lowest BCUT2D eigenvalue weighted by molar-refractivity contribution is -0.159. The second kappa shape index (κ2) is 8.84. The minimum Gasteiger partial charge on any atom is -0.371 e. The average Bonchev–Trinajstić information content (AvgIpc) is 2.75. The van der Waals surface area contributed by atoms with E-state index in [1.165, 1.54) is 5.56 Å². The fourth-order valence-electron chi connectivity index (χ4n) is 4.25. The molecule has 0 N–H and O–H groups in total. The van der Waals surface area contributed by atoms with Gasteiger partial charge >= 0.3 is 0 Å². The van der Waals surface area contributed by atoms with Crippen molar-refractivity contribution in [3.05, 3.63) is 66.0 Å². The molecule has 148 valence electrons. The van der Waals surface area contributed by atoms with Gasteiger partial charge in [-0.3, -0.25) is 9.78 Å². The monoisotopic (exact) mass is 379 g/mol. The van der Waals surface area contributed by atoms with E-state index in [4.69, 9.17) is 4.74 Å². The first-order valence-corrected chi connectivity index (χ1v) is 10.3. The van der Waals surface area contributed by atoms with E-state index < -0.39 is 0 Å². The maximum atomic E-state index is 12.7. The van der Waals surface area contributed by atoms with Gasteiger partial charge < -0.3 is 14.5 Å². The highest BCUT2D eigenvalue weighted by Gasteiger charge is 2.40. The number of carbonyl (C=O) groups is 1. The summed E-state index contributed by atoms with van der Waals surface area (Å²) in [7, 11) is 0. The summed E-state index contributed by atoms with van der Waals surface area (Å²) >= 11 is 0. The van der Waals surface area contributed by atoms with Crippen molar-refractivity contribution >= 4 is 5.91 Å². The molecule has 2 saturated heterocycles. The van der Waals surface area contributed by atoms with E-state index in [1.807, 2.05) is 23.1 Å². The molecule has 2 aromatic rings. The van der Waals surface area contributed by atoms with Gasteiger partial charge in [0.1, 0.15) is 0 Å². The predicted octanol–water partition coefficient (Wildman–Crippen LogP) is 2.56. The number of aromatic nitrogens is 1. The molecular formula is C23H29N3O2. The highest BCUT2D eigenvalue weighted by molar-refractivity contribution is 5.78. The molecule has 1 aromatic carbocycles. The molecule has 2 aliphatic heterocycles. The Morgan fingerprint density at radius 3 is 2.57 bits per heavy atom. The van der Waals surface area contributed by atoms with Crippen LogP contribution in [0.25, 0.3) is 0 Å². The van der Waals surface area contributed by atoms with Crippen molar-refractivity contribution in [2.24, 2.45) is 0 Å². The Morgan fingerprint density at radius 1 is 1.04 bits per heavy atom. The highest BCUT2D eigenvalue weighted by Crippen LogP contribution is 2.30. The standard InChI is InChI=1S/C23H29N3O2/c27-22(18-21-8-4-5-12-24-21)26-16-17-28-23(19-26)10-14-25(15-11-23)13-9-20-6-2-1-3-7-20/h1-8,12H,9-11,13-19H2. The zero-order valence-corrected chi connectivity index (χ0v) is 16.4. The summed E-state index contributed by atoms with van der Waals surface area (Å²) in [5.41, 5.74) is 2.06. The number of benzene rings is 1. The van der Waals surface area contributed by atoms with Gasteiger partial charge in [-0.05, 0) is 37.0 Å². The molecule has 1 aromatic heterocycles. The third-order valence-electron chi connectivity index (χ3n) is 5.99. The third kappa shape index (κ3) is 4.78. The molecular weight excluding hydrogens is 350 g/mol. The third-order valence-corrected chi connectivity index (χ3v) is 5.99. The molecule has 28 heavy (non-hydrogen) atoms. The number of hydrogen-bond donors (Lipinski definition) is 0. The van der Waals surface area contributed by atoms with Crippen molar-refractivity contribution in [3.8, 4) is 0 Å². The molecule has 0 unspecified atom stereocenters. The number of morpholine rings is 1. The number of nitrogens with zero attached hydrogens (tertiary/aromatic N) is 3. The number of piperidine rings is 1. The number of ether oxygens (including phenoxy) is 1. The zero-order chi connectivity index (χ0) is 19.2. The van der Waals surface area contributed by atoms with E-state index in [2.05, 4.69) is 40.2 Å². The van der Waals surface area contributed by atoms with Gasteiger partial charge in [0, 0.05) is 44.6 Å². The summed E-state index contributed by atoms with van der Waals surface area (Å²) in [6.07, 6.45) is 5.20. The predicted molar refractivity (Wildman–Crippen MR) is 109 cm³/mol. The van der Waals surface area contributed by atoms with Crippen LogP contribution >= 0.6 is 0 Å². The molecule has 5 nitrogen and oxygen atoms in total. The Hall–Kier alpha value is -2.24. The van der Waals surface area contributed by atoms with Crippen LogP contribution in [0.5, 0.6) is 0 Å². The smallest absolute Gasteiger partial charge is 0.228 e. The summed E-state index contributed by atoms with van der Waals surface area (Å²) in [5.74, 6) is 0.160. The van der Waals surface area contributed by atoms with Gasteiger partial charge in [0.15, 0.2) is 0 Å². The van der Waals surface area contributed by atoms with E-state index in [0.29, 0.717) is 26.1 Å². The molecule has 5 heteroatoms. The first-order chi connectivity index (χ1) is 13.7. The summed E-state index contributed by atoms with van der Waals surface area (Å²) in [5, 5.41) is 0. The largest absolute Gasteiger partial charge is 0.371 e. The minimum absolute atomic E-state index is 0.160. The number of hydrogen-bond acceptors (Lipinski definition) is 4. The molecule has 1 spiro atoms. The Kier molecular flexibility index (Phi) is 6.03. The van der Waals surface area contributed by atoms with E-state index in [9.17, 15) is 4.79 Å². The molecule has 2 aliphatic rings. The molecule has 3 heterocycles. The first kappa shape index (κ1) is 19.1. The fourth-order valence-corrected chi connectivity index (χ4v) is 4.25. The van der Waals surface area contributed by atoms with Gasteiger partial charge in [-0.25, -0.2) is 0 Å². The summed E-state index contributed by atoms with van der Waals surface area (Å²) in [4.78, 5) is 21.5. The maximum absolute atomic E-state index is 12.7. The van der Waals surface area contributed by atoms with E-state index in [0.717, 1.165) is 44.6 Å². The Bertz CT molecular complexity index is 758. The van der Waals surface area contributed by atoms with Crippen molar-refractivity contribution in [1.82, 2.24) is 14.8 Å². The summed E-state index contributed by atoms with van der Waals surface area (Å²) < 4.78 is 6.21. The first-order valence-electron chi connectivity index (χ1n) is 10.3. The minimum atomic E-state index is -0.165. The topological polar surface area (TPSA) is 45.7 Å². The molecule has 1 amide bonds. The van der Waals surface area contributed by atoms with Crippen LogP contribution in [0.2, 0.25) is 0 Å². The second-order valence-electron chi connectivity index (χ2n) is 7.92. The molecule has 2 fully saturated rings. The lowest BCUT2D eigenvalue weighted by Gasteiger charge is -2.47. The lowest BCUT2D eigenvalue weighted by Crippen LogP contribution is -2.58. The van der Waals surface area contributed by atoms with Crippen LogP contribution < -0.4 is 0 Å². The van der Waals surface area contributed by atoms with Crippen molar-refractivity contribution in [2.45, 2.75) is 31.3 Å². The van der Waals surface area contributed by atoms with E-state index in [-0.39, 0.29) is 11.5 Å². The SMILES string of the molecule is O=C(Cc1ccccn1)N1CCOC2(CCN(CCc3ccccc3)CC2)C1. The summed E-state index contributed by atoms with van der Waals surface area (Å²) in [6.45, 7) is 5.20. The number of rotatable bonds is 5.